The summed E-state index contributed by atoms with van der Waals surface area (Å²) in [5, 5.41) is 0.531. The summed E-state index contributed by atoms with van der Waals surface area (Å²) in [6.07, 6.45) is 1.38. The average Bonchev–Trinajstić information content (AvgIpc) is 2.26. The first-order valence-corrected chi connectivity index (χ1v) is 6.65. The van der Waals surface area contributed by atoms with Gasteiger partial charge in [0.25, 0.3) is 0 Å². The first-order chi connectivity index (χ1) is 8.35. The van der Waals surface area contributed by atoms with Crippen LogP contribution in [-0.2, 0) is 17.8 Å². The van der Waals surface area contributed by atoms with Crippen molar-refractivity contribution in [3.8, 4) is 0 Å². The molecule has 0 unspecified atom stereocenters. The van der Waals surface area contributed by atoms with E-state index >= 15 is 0 Å². The number of carbonyl (C=O) groups excluding carboxylic acids is 1. The number of nitrogens with zero attached hydrogens (tertiary/aromatic N) is 2. The van der Waals surface area contributed by atoms with Gasteiger partial charge in [-0.15, -0.1) is 0 Å². The van der Waals surface area contributed by atoms with Crippen molar-refractivity contribution in [2.24, 2.45) is 5.41 Å². The smallest absolute Gasteiger partial charge is 0.223 e. The van der Waals surface area contributed by atoms with E-state index in [0.717, 1.165) is 24.2 Å². The number of rotatable bonds is 1. The van der Waals surface area contributed by atoms with Gasteiger partial charge in [0.15, 0.2) is 0 Å². The van der Waals surface area contributed by atoms with Crippen molar-refractivity contribution in [2.75, 3.05) is 6.54 Å². The summed E-state index contributed by atoms with van der Waals surface area (Å²) in [5.74, 6) is 0.225. The van der Waals surface area contributed by atoms with Crippen molar-refractivity contribution in [2.45, 2.75) is 40.2 Å². The van der Waals surface area contributed by atoms with Crippen LogP contribution in [0.5, 0.6) is 0 Å². The predicted octanol–water partition coefficient (Wildman–Crippen LogP) is 3.06. The molecule has 0 fully saturated rings. The summed E-state index contributed by atoms with van der Waals surface area (Å²) in [5.41, 5.74) is 2.19. The largest absolute Gasteiger partial charge is 0.338 e. The Morgan fingerprint density at radius 2 is 2.17 bits per heavy atom. The van der Waals surface area contributed by atoms with Crippen LogP contribution < -0.4 is 0 Å². The summed E-state index contributed by atoms with van der Waals surface area (Å²) in [6, 6.07) is 3.76. The van der Waals surface area contributed by atoms with Crippen LogP contribution in [0.3, 0.4) is 0 Å². The van der Waals surface area contributed by atoms with Crippen LogP contribution in [-0.4, -0.2) is 22.3 Å². The van der Waals surface area contributed by atoms with E-state index in [1.165, 1.54) is 0 Å². The lowest BCUT2D eigenvalue weighted by Gasteiger charge is -2.30. The molecular weight excluding hydrogens is 248 g/mol. The van der Waals surface area contributed by atoms with Crippen LogP contribution in [0.1, 0.15) is 38.4 Å². The third kappa shape index (κ3) is 3.22. The number of hydrogen-bond donors (Lipinski definition) is 0. The third-order valence-corrected chi connectivity index (χ3v) is 3.26. The number of pyridine rings is 1. The number of amides is 1. The minimum Gasteiger partial charge on any atom is -0.338 e. The lowest BCUT2D eigenvalue weighted by atomic mass is 9.91. The van der Waals surface area contributed by atoms with Gasteiger partial charge in [-0.1, -0.05) is 38.4 Å². The van der Waals surface area contributed by atoms with Gasteiger partial charge in [-0.3, -0.25) is 4.79 Å². The van der Waals surface area contributed by atoms with Crippen molar-refractivity contribution >= 4 is 17.5 Å². The molecule has 0 N–H and O–H groups in total. The Kier molecular flexibility index (Phi) is 3.62. The van der Waals surface area contributed by atoms with Gasteiger partial charge in [-0.05, 0) is 17.0 Å². The molecule has 1 aliphatic rings. The zero-order valence-electron chi connectivity index (χ0n) is 11.2. The van der Waals surface area contributed by atoms with Crippen LogP contribution in [0.15, 0.2) is 12.1 Å². The van der Waals surface area contributed by atoms with Crippen LogP contribution in [0.4, 0.5) is 0 Å². The molecule has 2 heterocycles. The number of aromatic nitrogens is 1. The van der Waals surface area contributed by atoms with Crippen LogP contribution in [0.2, 0.25) is 5.15 Å². The number of halogens is 1. The van der Waals surface area contributed by atoms with Crippen molar-refractivity contribution in [1.82, 2.24) is 9.88 Å². The molecule has 1 aromatic heterocycles. The van der Waals surface area contributed by atoms with Gasteiger partial charge in [0, 0.05) is 31.6 Å². The molecule has 0 spiro atoms. The van der Waals surface area contributed by atoms with Crippen LogP contribution in [0.25, 0.3) is 0 Å². The zero-order chi connectivity index (χ0) is 13.3. The molecule has 0 saturated carbocycles. The molecule has 98 valence electrons. The fourth-order valence-corrected chi connectivity index (χ4v) is 2.33. The van der Waals surface area contributed by atoms with E-state index in [4.69, 9.17) is 11.6 Å². The number of fused-ring (bicyclic) bond motifs is 1. The molecule has 3 nitrogen and oxygen atoms in total. The fraction of sp³-hybridized carbons (Fsp3) is 0.571. The highest BCUT2D eigenvalue weighted by Crippen LogP contribution is 2.24. The molecule has 18 heavy (non-hydrogen) atoms. The minimum absolute atomic E-state index is 0.0373. The first-order valence-electron chi connectivity index (χ1n) is 6.27. The molecule has 0 saturated heterocycles. The van der Waals surface area contributed by atoms with E-state index in [-0.39, 0.29) is 11.3 Å². The average molecular weight is 267 g/mol. The van der Waals surface area contributed by atoms with Gasteiger partial charge in [-0.2, -0.15) is 0 Å². The summed E-state index contributed by atoms with van der Waals surface area (Å²) in [4.78, 5) is 18.4. The van der Waals surface area contributed by atoms with E-state index in [1.54, 1.807) is 6.07 Å². The molecule has 0 bridgehead atoms. The minimum atomic E-state index is 0.0373. The monoisotopic (exact) mass is 266 g/mol. The molecule has 0 atom stereocenters. The van der Waals surface area contributed by atoms with Crippen LogP contribution >= 0.6 is 11.6 Å². The van der Waals surface area contributed by atoms with Crippen LogP contribution in [0, 0.1) is 5.41 Å². The lowest BCUT2D eigenvalue weighted by molar-refractivity contribution is -0.134. The van der Waals surface area contributed by atoms with Gasteiger partial charge >= 0.3 is 0 Å². The van der Waals surface area contributed by atoms with Gasteiger partial charge in [0.2, 0.25) is 5.91 Å². The zero-order valence-corrected chi connectivity index (χ0v) is 11.9. The second kappa shape index (κ2) is 4.88. The summed E-state index contributed by atoms with van der Waals surface area (Å²) in [6.45, 7) is 7.67. The third-order valence-electron chi connectivity index (χ3n) is 3.05. The quantitative estimate of drug-likeness (QED) is 0.732. The summed E-state index contributed by atoms with van der Waals surface area (Å²) in [7, 11) is 0. The SMILES string of the molecule is CC(C)(C)CC(=O)N1CCc2nc(Cl)ccc2C1. The Morgan fingerprint density at radius 3 is 2.83 bits per heavy atom. The van der Waals surface area contributed by atoms with E-state index in [9.17, 15) is 4.79 Å². The predicted molar refractivity (Wildman–Crippen MR) is 72.4 cm³/mol. The topological polar surface area (TPSA) is 33.2 Å². The van der Waals surface area contributed by atoms with Crippen molar-refractivity contribution in [3.05, 3.63) is 28.5 Å². The molecule has 4 heteroatoms. The van der Waals surface area contributed by atoms with Gasteiger partial charge < -0.3 is 4.90 Å². The second-order valence-electron chi connectivity index (χ2n) is 6.04. The van der Waals surface area contributed by atoms with Gasteiger partial charge in [0.05, 0.1) is 0 Å². The maximum Gasteiger partial charge on any atom is 0.223 e. The van der Waals surface area contributed by atoms with E-state index in [0.29, 0.717) is 18.1 Å². The highest BCUT2D eigenvalue weighted by atomic mass is 35.5. The highest BCUT2D eigenvalue weighted by molar-refractivity contribution is 6.29. The van der Waals surface area contributed by atoms with Crippen molar-refractivity contribution < 1.29 is 4.79 Å². The van der Waals surface area contributed by atoms with Gasteiger partial charge in [0.1, 0.15) is 5.15 Å². The van der Waals surface area contributed by atoms with Crippen molar-refractivity contribution in [1.29, 1.82) is 0 Å². The van der Waals surface area contributed by atoms with E-state index in [1.807, 2.05) is 11.0 Å². The highest BCUT2D eigenvalue weighted by Gasteiger charge is 2.25. The Balaban J connectivity index is 2.08. The molecule has 2 rings (SSSR count). The Hall–Kier alpha value is -1.09. The van der Waals surface area contributed by atoms with E-state index in [2.05, 4.69) is 25.8 Å². The molecule has 1 aliphatic heterocycles. The standard InChI is InChI=1S/C14H19ClN2O/c1-14(2,3)8-13(18)17-7-6-11-10(9-17)4-5-12(15)16-11/h4-5H,6-9H2,1-3H3. The maximum absolute atomic E-state index is 12.2. The summed E-state index contributed by atoms with van der Waals surface area (Å²) >= 11 is 5.87. The van der Waals surface area contributed by atoms with Gasteiger partial charge in [-0.25, -0.2) is 4.98 Å². The second-order valence-corrected chi connectivity index (χ2v) is 6.43. The Morgan fingerprint density at radius 1 is 1.44 bits per heavy atom. The lowest BCUT2D eigenvalue weighted by Crippen LogP contribution is -2.38. The molecule has 1 amide bonds. The number of hydrogen-bond acceptors (Lipinski definition) is 2. The first kappa shape index (κ1) is 13.3. The number of carbonyl (C=O) groups is 1. The molecular formula is C14H19ClN2O. The molecule has 1 aromatic rings. The normalized spacial score (nSPS) is 15.4. The van der Waals surface area contributed by atoms with Crippen molar-refractivity contribution in [3.63, 3.8) is 0 Å². The van der Waals surface area contributed by atoms with E-state index < -0.39 is 0 Å². The summed E-state index contributed by atoms with van der Waals surface area (Å²) < 4.78 is 0. The Bertz CT molecular complexity index is 465. The molecule has 0 aromatic carbocycles. The molecule has 0 radical (unpaired) electrons. The maximum atomic E-state index is 12.2. The molecule has 0 aliphatic carbocycles. The fourth-order valence-electron chi connectivity index (χ4n) is 2.17. The Labute approximate surface area is 113 Å².